The molecule has 1 aromatic carbocycles. The van der Waals surface area contributed by atoms with Crippen molar-refractivity contribution < 1.29 is 17.9 Å². The highest BCUT2D eigenvalue weighted by atomic mass is 19.3. The Bertz CT molecular complexity index is 440. The molecule has 1 rings (SSSR count). The van der Waals surface area contributed by atoms with E-state index in [4.69, 9.17) is 5.73 Å². The first-order valence-corrected chi connectivity index (χ1v) is 6.69. The standard InChI is InChI=1S/C14H21F3N2O/c1-4-14(5-2,6-3)19-11-8-12(20-13(16)17)9(15)7-10(11)18/h7-8,13,19H,4-6,18H2,1-3H3. The van der Waals surface area contributed by atoms with Crippen molar-refractivity contribution in [3.8, 4) is 5.75 Å². The SMILES string of the molecule is CCC(CC)(CC)Nc1cc(OC(F)F)c(F)cc1N. The van der Waals surface area contributed by atoms with Crippen molar-refractivity contribution in [2.24, 2.45) is 0 Å². The molecule has 0 saturated heterocycles. The summed E-state index contributed by atoms with van der Waals surface area (Å²) in [6.45, 7) is 3.00. The second-order valence-electron chi connectivity index (χ2n) is 4.71. The summed E-state index contributed by atoms with van der Waals surface area (Å²) in [5, 5.41) is 3.23. The van der Waals surface area contributed by atoms with Crippen LogP contribution in [0.5, 0.6) is 5.75 Å². The van der Waals surface area contributed by atoms with Gasteiger partial charge in [-0.05, 0) is 19.3 Å². The monoisotopic (exact) mass is 290 g/mol. The first-order valence-electron chi connectivity index (χ1n) is 6.69. The van der Waals surface area contributed by atoms with Crippen molar-refractivity contribution >= 4 is 11.4 Å². The number of anilines is 2. The Hall–Kier alpha value is -1.59. The second-order valence-corrected chi connectivity index (χ2v) is 4.71. The zero-order chi connectivity index (χ0) is 15.3. The van der Waals surface area contributed by atoms with Crippen LogP contribution in [0.15, 0.2) is 12.1 Å². The molecule has 0 spiro atoms. The minimum Gasteiger partial charge on any atom is -0.432 e. The van der Waals surface area contributed by atoms with Crippen LogP contribution < -0.4 is 15.8 Å². The van der Waals surface area contributed by atoms with Gasteiger partial charge in [0, 0.05) is 17.7 Å². The van der Waals surface area contributed by atoms with E-state index in [1.807, 2.05) is 20.8 Å². The number of ether oxygens (including phenoxy) is 1. The van der Waals surface area contributed by atoms with Crippen LogP contribution >= 0.6 is 0 Å². The van der Waals surface area contributed by atoms with Crippen LogP contribution in [-0.2, 0) is 0 Å². The van der Waals surface area contributed by atoms with E-state index in [0.717, 1.165) is 25.3 Å². The zero-order valence-corrected chi connectivity index (χ0v) is 12.0. The molecule has 3 nitrogen and oxygen atoms in total. The van der Waals surface area contributed by atoms with E-state index in [1.165, 1.54) is 6.07 Å². The Morgan fingerprint density at radius 3 is 2.20 bits per heavy atom. The van der Waals surface area contributed by atoms with Gasteiger partial charge in [-0.25, -0.2) is 4.39 Å². The summed E-state index contributed by atoms with van der Waals surface area (Å²) in [5.41, 5.74) is 6.13. The van der Waals surface area contributed by atoms with Crippen LogP contribution in [0.1, 0.15) is 40.0 Å². The van der Waals surface area contributed by atoms with Crippen molar-refractivity contribution in [1.82, 2.24) is 0 Å². The summed E-state index contributed by atoms with van der Waals surface area (Å²) in [7, 11) is 0. The summed E-state index contributed by atoms with van der Waals surface area (Å²) in [4.78, 5) is 0. The molecule has 0 aliphatic heterocycles. The molecule has 0 radical (unpaired) electrons. The Labute approximate surface area is 117 Å². The molecule has 0 bridgehead atoms. The maximum atomic E-state index is 13.5. The average molecular weight is 290 g/mol. The zero-order valence-electron chi connectivity index (χ0n) is 12.0. The summed E-state index contributed by atoms with van der Waals surface area (Å²) in [5.74, 6) is -1.41. The van der Waals surface area contributed by atoms with Crippen molar-refractivity contribution in [2.45, 2.75) is 52.2 Å². The van der Waals surface area contributed by atoms with Crippen molar-refractivity contribution in [2.75, 3.05) is 11.1 Å². The lowest BCUT2D eigenvalue weighted by molar-refractivity contribution is -0.0521. The summed E-state index contributed by atoms with van der Waals surface area (Å²) in [6, 6.07) is 2.18. The van der Waals surface area contributed by atoms with Gasteiger partial charge >= 0.3 is 6.61 Å². The van der Waals surface area contributed by atoms with Crippen LogP contribution in [0.25, 0.3) is 0 Å². The minimum atomic E-state index is -3.07. The fourth-order valence-corrected chi connectivity index (χ4v) is 2.16. The van der Waals surface area contributed by atoms with E-state index in [9.17, 15) is 13.2 Å². The van der Waals surface area contributed by atoms with Crippen LogP contribution in [0.4, 0.5) is 24.5 Å². The third-order valence-corrected chi connectivity index (χ3v) is 3.75. The second kappa shape index (κ2) is 6.72. The molecule has 0 aliphatic carbocycles. The fourth-order valence-electron chi connectivity index (χ4n) is 2.16. The lowest BCUT2D eigenvalue weighted by Crippen LogP contribution is -2.36. The van der Waals surface area contributed by atoms with Crippen LogP contribution in [0.2, 0.25) is 0 Å². The molecule has 0 unspecified atom stereocenters. The van der Waals surface area contributed by atoms with Crippen molar-refractivity contribution in [1.29, 1.82) is 0 Å². The number of hydrogen-bond acceptors (Lipinski definition) is 3. The number of nitrogens with two attached hydrogens (primary N) is 1. The van der Waals surface area contributed by atoms with Crippen molar-refractivity contribution in [3.05, 3.63) is 17.9 Å². The largest absolute Gasteiger partial charge is 0.432 e. The maximum absolute atomic E-state index is 13.5. The highest BCUT2D eigenvalue weighted by Gasteiger charge is 2.25. The van der Waals surface area contributed by atoms with Gasteiger partial charge in [-0.3, -0.25) is 0 Å². The lowest BCUT2D eigenvalue weighted by atomic mass is 9.89. The molecule has 0 amide bonds. The van der Waals surface area contributed by atoms with E-state index < -0.39 is 18.2 Å². The van der Waals surface area contributed by atoms with Gasteiger partial charge in [0.1, 0.15) is 0 Å². The molecule has 1 aromatic rings. The molecular weight excluding hydrogens is 269 g/mol. The summed E-state index contributed by atoms with van der Waals surface area (Å²) < 4.78 is 42.1. The molecule has 0 heterocycles. The number of nitrogens with one attached hydrogen (secondary N) is 1. The van der Waals surface area contributed by atoms with Gasteiger partial charge in [-0.2, -0.15) is 8.78 Å². The molecular formula is C14H21F3N2O. The number of halogens is 3. The molecule has 0 aliphatic rings. The fraction of sp³-hybridized carbons (Fsp3) is 0.571. The Balaban J connectivity index is 3.11. The molecule has 6 heteroatoms. The third-order valence-electron chi connectivity index (χ3n) is 3.75. The van der Waals surface area contributed by atoms with E-state index >= 15 is 0 Å². The van der Waals surface area contributed by atoms with Crippen LogP contribution in [0.3, 0.4) is 0 Å². The Morgan fingerprint density at radius 2 is 1.75 bits per heavy atom. The van der Waals surface area contributed by atoms with Crippen LogP contribution in [-0.4, -0.2) is 12.2 Å². The quantitative estimate of drug-likeness (QED) is 0.732. The van der Waals surface area contributed by atoms with Crippen molar-refractivity contribution in [3.63, 3.8) is 0 Å². The van der Waals surface area contributed by atoms with Gasteiger partial charge in [-0.1, -0.05) is 20.8 Å². The topological polar surface area (TPSA) is 47.3 Å². The molecule has 3 N–H and O–H groups in total. The van der Waals surface area contributed by atoms with Gasteiger partial charge in [0.15, 0.2) is 11.6 Å². The van der Waals surface area contributed by atoms with Gasteiger partial charge in [0.2, 0.25) is 0 Å². The molecule has 20 heavy (non-hydrogen) atoms. The predicted molar refractivity (Wildman–Crippen MR) is 74.7 cm³/mol. The third kappa shape index (κ3) is 3.71. The molecule has 0 atom stereocenters. The van der Waals surface area contributed by atoms with Crippen LogP contribution in [0, 0.1) is 5.82 Å². The first kappa shape index (κ1) is 16.5. The van der Waals surface area contributed by atoms with E-state index in [2.05, 4.69) is 10.1 Å². The summed E-state index contributed by atoms with van der Waals surface area (Å²) >= 11 is 0. The minimum absolute atomic E-state index is 0.170. The normalized spacial score (nSPS) is 11.8. The number of nitrogen functional groups attached to an aromatic ring is 1. The van der Waals surface area contributed by atoms with Gasteiger partial charge in [0.05, 0.1) is 11.4 Å². The highest BCUT2D eigenvalue weighted by Crippen LogP contribution is 2.33. The number of benzene rings is 1. The molecule has 114 valence electrons. The highest BCUT2D eigenvalue weighted by molar-refractivity contribution is 5.69. The summed E-state index contributed by atoms with van der Waals surface area (Å²) in [6.07, 6.45) is 2.51. The molecule has 0 saturated carbocycles. The number of alkyl halides is 2. The number of rotatable bonds is 7. The van der Waals surface area contributed by atoms with E-state index in [-0.39, 0.29) is 11.2 Å². The Kier molecular flexibility index (Phi) is 5.53. The van der Waals surface area contributed by atoms with Gasteiger partial charge < -0.3 is 15.8 Å². The van der Waals surface area contributed by atoms with Gasteiger partial charge in [-0.15, -0.1) is 0 Å². The first-order chi connectivity index (χ1) is 9.37. The van der Waals surface area contributed by atoms with E-state index in [0.29, 0.717) is 5.69 Å². The van der Waals surface area contributed by atoms with Gasteiger partial charge in [0.25, 0.3) is 0 Å². The molecule has 0 aromatic heterocycles. The average Bonchev–Trinajstić information content (AvgIpc) is 2.40. The number of hydrogen-bond donors (Lipinski definition) is 2. The maximum Gasteiger partial charge on any atom is 0.387 e. The Morgan fingerprint density at radius 1 is 1.20 bits per heavy atom. The smallest absolute Gasteiger partial charge is 0.387 e. The lowest BCUT2D eigenvalue weighted by Gasteiger charge is -2.33. The molecule has 0 fully saturated rings. The van der Waals surface area contributed by atoms with E-state index in [1.54, 1.807) is 0 Å². The predicted octanol–water partition coefficient (Wildman–Crippen LogP) is 4.39.